The van der Waals surface area contributed by atoms with E-state index in [0.29, 0.717) is 5.69 Å². The summed E-state index contributed by atoms with van der Waals surface area (Å²) in [4.78, 5) is 24.6. The van der Waals surface area contributed by atoms with E-state index in [0.717, 1.165) is 6.42 Å². The number of carbonyl (C=O) groups excluding carboxylic acids is 2. The average Bonchev–Trinajstić information content (AvgIpc) is 2.37. The van der Waals surface area contributed by atoms with E-state index >= 15 is 0 Å². The highest BCUT2D eigenvalue weighted by molar-refractivity contribution is 6.10. The number of hydrogen-bond donors (Lipinski definition) is 2. The lowest BCUT2D eigenvalue weighted by Gasteiger charge is -2.28. The second-order valence-electron chi connectivity index (χ2n) is 6.83. The molecule has 1 aromatic rings. The molecular formula is C17H26N2O2. The Labute approximate surface area is 127 Å². The van der Waals surface area contributed by atoms with E-state index in [1.807, 2.05) is 45.0 Å². The molecule has 0 aliphatic heterocycles. The Morgan fingerprint density at radius 2 is 1.48 bits per heavy atom. The Morgan fingerprint density at radius 1 is 0.952 bits per heavy atom. The van der Waals surface area contributed by atoms with E-state index in [-0.39, 0.29) is 17.4 Å². The maximum absolute atomic E-state index is 12.3. The summed E-state index contributed by atoms with van der Waals surface area (Å²) in [5.41, 5.74) is 0.417. The molecule has 0 saturated heterocycles. The van der Waals surface area contributed by atoms with E-state index in [1.54, 1.807) is 13.8 Å². The van der Waals surface area contributed by atoms with E-state index in [9.17, 15) is 9.59 Å². The van der Waals surface area contributed by atoms with Crippen LogP contribution in [0.3, 0.4) is 0 Å². The molecule has 21 heavy (non-hydrogen) atoms. The van der Waals surface area contributed by atoms with Gasteiger partial charge in [0.25, 0.3) is 0 Å². The molecule has 0 spiro atoms. The van der Waals surface area contributed by atoms with Gasteiger partial charge >= 0.3 is 0 Å². The van der Waals surface area contributed by atoms with E-state index in [4.69, 9.17) is 0 Å². The minimum atomic E-state index is -1.13. The molecule has 0 aliphatic rings. The van der Waals surface area contributed by atoms with Crippen molar-refractivity contribution >= 4 is 17.5 Å². The molecule has 4 nitrogen and oxygen atoms in total. The normalized spacial score (nSPS) is 11.9. The lowest BCUT2D eigenvalue weighted by atomic mass is 9.89. The maximum atomic E-state index is 12.3. The number of anilines is 1. The van der Waals surface area contributed by atoms with Crippen molar-refractivity contribution in [1.29, 1.82) is 0 Å². The largest absolute Gasteiger partial charge is 0.351 e. The molecule has 2 N–H and O–H groups in total. The summed E-state index contributed by atoms with van der Waals surface area (Å²) in [6, 6.07) is 7.65. The molecule has 0 bridgehead atoms. The first-order valence-electron chi connectivity index (χ1n) is 7.29. The van der Waals surface area contributed by atoms with Gasteiger partial charge in [-0.25, -0.2) is 0 Å². The smallest absolute Gasteiger partial charge is 0.239 e. The van der Waals surface area contributed by atoms with Crippen molar-refractivity contribution in [3.8, 4) is 0 Å². The van der Waals surface area contributed by atoms with Crippen LogP contribution in [0.4, 0.5) is 5.69 Å². The number of amides is 2. The molecule has 2 amide bonds. The molecule has 0 aliphatic carbocycles. The zero-order valence-electron chi connectivity index (χ0n) is 13.8. The molecule has 0 unspecified atom stereocenters. The Bertz CT molecular complexity index is 511. The average molecular weight is 290 g/mol. The Balaban J connectivity index is 2.78. The van der Waals surface area contributed by atoms with Crippen molar-refractivity contribution in [3.63, 3.8) is 0 Å². The fourth-order valence-electron chi connectivity index (χ4n) is 1.71. The predicted octanol–water partition coefficient (Wildman–Crippen LogP) is 3.13. The zero-order chi connectivity index (χ0) is 16.3. The molecule has 1 rings (SSSR count). The van der Waals surface area contributed by atoms with Crippen LogP contribution in [0.2, 0.25) is 0 Å². The van der Waals surface area contributed by atoms with Crippen LogP contribution in [0.15, 0.2) is 24.3 Å². The van der Waals surface area contributed by atoms with Crippen LogP contribution in [0.1, 0.15) is 47.1 Å². The first-order valence-corrected chi connectivity index (χ1v) is 7.29. The highest BCUT2D eigenvalue weighted by Crippen LogP contribution is 2.20. The number of rotatable bonds is 4. The Kier molecular flexibility index (Phi) is 5.15. The van der Waals surface area contributed by atoms with Crippen LogP contribution in [0, 0.1) is 5.41 Å². The number of nitrogens with one attached hydrogen (secondary N) is 2. The van der Waals surface area contributed by atoms with Crippen molar-refractivity contribution in [3.05, 3.63) is 29.8 Å². The second-order valence-corrected chi connectivity index (χ2v) is 6.83. The van der Waals surface area contributed by atoms with Gasteiger partial charge in [-0.2, -0.15) is 0 Å². The topological polar surface area (TPSA) is 58.2 Å². The summed E-state index contributed by atoms with van der Waals surface area (Å²) in [7, 11) is 0. The predicted molar refractivity (Wildman–Crippen MR) is 86.1 cm³/mol. The first-order chi connectivity index (χ1) is 9.56. The van der Waals surface area contributed by atoms with Crippen molar-refractivity contribution in [1.82, 2.24) is 5.32 Å². The fraction of sp³-hybridized carbons (Fsp3) is 0.529. The number of carbonyl (C=O) groups is 2. The quantitative estimate of drug-likeness (QED) is 0.837. The minimum Gasteiger partial charge on any atom is -0.351 e. The van der Waals surface area contributed by atoms with Crippen molar-refractivity contribution in [2.24, 2.45) is 5.41 Å². The molecule has 0 heterocycles. The summed E-state index contributed by atoms with van der Waals surface area (Å²) in [5.74, 6) is -0.592. The molecular weight excluding hydrogens is 264 g/mol. The number of hydrogen-bond acceptors (Lipinski definition) is 2. The molecule has 0 radical (unpaired) electrons. The highest BCUT2D eigenvalue weighted by Gasteiger charge is 2.37. The number of aryl methyl sites for hydroxylation is 1. The van der Waals surface area contributed by atoms with Gasteiger partial charge in [0.15, 0.2) is 0 Å². The van der Waals surface area contributed by atoms with Gasteiger partial charge < -0.3 is 10.6 Å². The van der Waals surface area contributed by atoms with E-state index < -0.39 is 5.41 Å². The third kappa shape index (κ3) is 4.88. The van der Waals surface area contributed by atoms with E-state index in [1.165, 1.54) is 5.56 Å². The van der Waals surface area contributed by atoms with Crippen molar-refractivity contribution in [2.75, 3.05) is 5.32 Å². The first kappa shape index (κ1) is 17.2. The lowest BCUT2D eigenvalue weighted by molar-refractivity contribution is -0.139. The van der Waals surface area contributed by atoms with Gasteiger partial charge in [0.2, 0.25) is 11.8 Å². The maximum Gasteiger partial charge on any atom is 0.239 e. The third-order valence-corrected chi connectivity index (χ3v) is 3.24. The SMILES string of the molecule is CCc1ccc(NC(=O)C(C)(C)C(=O)NC(C)(C)C)cc1. The van der Waals surface area contributed by atoms with Gasteiger partial charge in [-0.05, 0) is 58.7 Å². The molecule has 0 fully saturated rings. The molecule has 4 heteroatoms. The number of benzene rings is 1. The van der Waals surface area contributed by atoms with E-state index in [2.05, 4.69) is 17.6 Å². The van der Waals surface area contributed by atoms with Gasteiger partial charge in [-0.3, -0.25) is 9.59 Å². The van der Waals surface area contributed by atoms with Gasteiger partial charge in [0.1, 0.15) is 5.41 Å². The van der Waals surface area contributed by atoms with Gasteiger partial charge in [-0.15, -0.1) is 0 Å². The molecule has 116 valence electrons. The third-order valence-electron chi connectivity index (χ3n) is 3.24. The molecule has 0 saturated carbocycles. The lowest BCUT2D eigenvalue weighted by Crippen LogP contribution is -2.51. The summed E-state index contributed by atoms with van der Waals surface area (Å²) in [6.45, 7) is 11.0. The second kappa shape index (κ2) is 6.29. The Hall–Kier alpha value is -1.84. The molecule has 0 aromatic heterocycles. The Morgan fingerprint density at radius 3 is 1.90 bits per heavy atom. The summed E-state index contributed by atoms with van der Waals surface area (Å²) < 4.78 is 0. The van der Waals surface area contributed by atoms with Gasteiger partial charge in [0, 0.05) is 11.2 Å². The van der Waals surface area contributed by atoms with Crippen LogP contribution in [-0.2, 0) is 16.0 Å². The summed E-state index contributed by atoms with van der Waals surface area (Å²) in [5, 5.41) is 5.64. The van der Waals surface area contributed by atoms with Gasteiger partial charge in [-0.1, -0.05) is 19.1 Å². The highest BCUT2D eigenvalue weighted by atomic mass is 16.2. The minimum absolute atomic E-state index is 0.280. The van der Waals surface area contributed by atoms with Crippen LogP contribution in [0.5, 0.6) is 0 Å². The van der Waals surface area contributed by atoms with Crippen LogP contribution >= 0.6 is 0 Å². The monoisotopic (exact) mass is 290 g/mol. The van der Waals surface area contributed by atoms with Crippen molar-refractivity contribution < 1.29 is 9.59 Å². The van der Waals surface area contributed by atoms with Crippen LogP contribution in [-0.4, -0.2) is 17.4 Å². The zero-order valence-corrected chi connectivity index (χ0v) is 13.8. The summed E-state index contributed by atoms with van der Waals surface area (Å²) >= 11 is 0. The summed E-state index contributed by atoms with van der Waals surface area (Å²) in [6.07, 6.45) is 0.952. The van der Waals surface area contributed by atoms with Crippen LogP contribution in [0.25, 0.3) is 0 Å². The molecule has 1 aromatic carbocycles. The molecule has 0 atom stereocenters. The van der Waals surface area contributed by atoms with Gasteiger partial charge in [0.05, 0.1) is 0 Å². The fourth-order valence-corrected chi connectivity index (χ4v) is 1.71. The van der Waals surface area contributed by atoms with Crippen LogP contribution < -0.4 is 10.6 Å². The van der Waals surface area contributed by atoms with Crippen molar-refractivity contribution in [2.45, 2.75) is 53.5 Å². The standard InChI is InChI=1S/C17H26N2O2/c1-7-12-8-10-13(11-9-12)18-14(20)17(5,6)15(21)19-16(2,3)4/h8-11H,7H2,1-6H3,(H,18,20)(H,19,21).